The monoisotopic (exact) mass is 250 g/mol. The predicted molar refractivity (Wildman–Crippen MR) is 71.8 cm³/mol. The summed E-state index contributed by atoms with van der Waals surface area (Å²) in [5, 5.41) is 3.35. The van der Waals surface area contributed by atoms with Crippen molar-refractivity contribution in [2.24, 2.45) is 11.1 Å². The van der Waals surface area contributed by atoms with Gasteiger partial charge in [0.1, 0.15) is 0 Å². The molecule has 0 saturated carbocycles. The molecule has 1 atom stereocenters. The topological polar surface area (TPSA) is 56.5 Å². The molecule has 1 aliphatic heterocycles. The van der Waals surface area contributed by atoms with Crippen molar-refractivity contribution < 1.29 is 9.47 Å². The number of nitrogens with two attached hydrogens (primary N) is 1. The van der Waals surface area contributed by atoms with E-state index >= 15 is 0 Å². The fraction of sp³-hybridized carbons (Fsp3) is 0.571. The number of hydrogen-bond donors (Lipinski definition) is 2. The second-order valence-corrected chi connectivity index (χ2v) is 5.53. The lowest BCUT2D eigenvalue weighted by atomic mass is 9.83. The quantitative estimate of drug-likeness (QED) is 0.839. The van der Waals surface area contributed by atoms with Gasteiger partial charge in [-0.05, 0) is 43.1 Å². The average molecular weight is 250 g/mol. The van der Waals surface area contributed by atoms with Gasteiger partial charge >= 0.3 is 0 Å². The smallest absolute Gasteiger partial charge is 0.231 e. The van der Waals surface area contributed by atoms with Gasteiger partial charge < -0.3 is 20.5 Å². The van der Waals surface area contributed by atoms with Crippen molar-refractivity contribution in [2.45, 2.75) is 26.3 Å². The van der Waals surface area contributed by atoms with E-state index in [4.69, 9.17) is 15.2 Å². The Labute approximate surface area is 108 Å². The zero-order valence-corrected chi connectivity index (χ0v) is 11.3. The highest BCUT2D eigenvalue weighted by molar-refractivity contribution is 5.45. The Balaban J connectivity index is 2.17. The number of benzene rings is 1. The summed E-state index contributed by atoms with van der Waals surface area (Å²) in [5.41, 5.74) is 7.13. The van der Waals surface area contributed by atoms with Gasteiger partial charge in [0.2, 0.25) is 6.79 Å². The minimum Gasteiger partial charge on any atom is -0.454 e. The first-order chi connectivity index (χ1) is 8.55. The van der Waals surface area contributed by atoms with Crippen molar-refractivity contribution >= 4 is 0 Å². The Hall–Kier alpha value is -1.26. The summed E-state index contributed by atoms with van der Waals surface area (Å²) >= 11 is 0. The number of rotatable bonds is 5. The first kappa shape index (κ1) is 13.2. The summed E-state index contributed by atoms with van der Waals surface area (Å²) in [6, 6.07) is 6.38. The molecule has 4 heteroatoms. The maximum atomic E-state index is 5.81. The SMILES string of the molecule is CNC(CC(C)(C)CN)c1ccc2c(c1)OCO2. The van der Waals surface area contributed by atoms with Crippen LogP contribution < -0.4 is 20.5 Å². The first-order valence-electron chi connectivity index (χ1n) is 6.32. The van der Waals surface area contributed by atoms with Crippen LogP contribution in [0.2, 0.25) is 0 Å². The lowest BCUT2D eigenvalue weighted by Gasteiger charge is -2.28. The van der Waals surface area contributed by atoms with Crippen LogP contribution in [0.4, 0.5) is 0 Å². The summed E-state index contributed by atoms with van der Waals surface area (Å²) in [4.78, 5) is 0. The molecular weight excluding hydrogens is 228 g/mol. The Kier molecular flexibility index (Phi) is 3.78. The Morgan fingerprint density at radius 1 is 1.33 bits per heavy atom. The number of hydrogen-bond acceptors (Lipinski definition) is 4. The summed E-state index contributed by atoms with van der Waals surface area (Å²) in [5.74, 6) is 1.66. The molecule has 100 valence electrons. The normalized spacial score (nSPS) is 15.8. The molecule has 1 aromatic rings. The van der Waals surface area contributed by atoms with Gasteiger partial charge in [0, 0.05) is 6.04 Å². The molecule has 0 amide bonds. The van der Waals surface area contributed by atoms with Crippen molar-refractivity contribution in [3.05, 3.63) is 23.8 Å². The Morgan fingerprint density at radius 3 is 2.72 bits per heavy atom. The highest BCUT2D eigenvalue weighted by Gasteiger charge is 2.23. The fourth-order valence-corrected chi connectivity index (χ4v) is 2.15. The molecule has 0 fully saturated rings. The van der Waals surface area contributed by atoms with E-state index in [0.717, 1.165) is 17.9 Å². The molecule has 0 spiro atoms. The van der Waals surface area contributed by atoms with E-state index in [9.17, 15) is 0 Å². The molecule has 4 nitrogen and oxygen atoms in total. The van der Waals surface area contributed by atoms with Crippen LogP contribution in [0.25, 0.3) is 0 Å². The second kappa shape index (κ2) is 5.16. The van der Waals surface area contributed by atoms with Gasteiger partial charge in [0.05, 0.1) is 0 Å². The Morgan fingerprint density at radius 2 is 2.06 bits per heavy atom. The van der Waals surface area contributed by atoms with Gasteiger partial charge in [0.15, 0.2) is 11.5 Å². The standard InChI is InChI=1S/C14H22N2O2/c1-14(2,8-15)7-11(16-3)10-4-5-12-13(6-10)18-9-17-12/h4-6,11,16H,7-9,15H2,1-3H3. The third-order valence-electron chi connectivity index (χ3n) is 3.46. The lowest BCUT2D eigenvalue weighted by Crippen LogP contribution is -2.30. The van der Waals surface area contributed by atoms with Crippen LogP contribution in [0.5, 0.6) is 11.5 Å². The highest BCUT2D eigenvalue weighted by Crippen LogP contribution is 2.36. The molecule has 0 aromatic heterocycles. The molecule has 18 heavy (non-hydrogen) atoms. The van der Waals surface area contributed by atoms with Crippen LogP contribution >= 0.6 is 0 Å². The summed E-state index contributed by atoms with van der Waals surface area (Å²) < 4.78 is 10.7. The van der Waals surface area contributed by atoms with Crippen LogP contribution in [0, 0.1) is 5.41 Å². The highest BCUT2D eigenvalue weighted by atomic mass is 16.7. The maximum absolute atomic E-state index is 5.81. The fourth-order valence-electron chi connectivity index (χ4n) is 2.15. The van der Waals surface area contributed by atoms with Crippen molar-refractivity contribution in [1.82, 2.24) is 5.32 Å². The van der Waals surface area contributed by atoms with E-state index in [1.165, 1.54) is 5.56 Å². The van der Waals surface area contributed by atoms with Gasteiger partial charge in [-0.2, -0.15) is 0 Å². The summed E-state index contributed by atoms with van der Waals surface area (Å²) in [7, 11) is 1.97. The zero-order valence-electron chi connectivity index (χ0n) is 11.3. The zero-order chi connectivity index (χ0) is 13.2. The van der Waals surface area contributed by atoms with Crippen molar-refractivity contribution in [3.8, 4) is 11.5 Å². The van der Waals surface area contributed by atoms with Crippen LogP contribution in [-0.2, 0) is 0 Å². The van der Waals surface area contributed by atoms with Gasteiger partial charge in [-0.25, -0.2) is 0 Å². The second-order valence-electron chi connectivity index (χ2n) is 5.53. The van der Waals surface area contributed by atoms with Crippen molar-refractivity contribution in [2.75, 3.05) is 20.4 Å². The summed E-state index contributed by atoms with van der Waals surface area (Å²) in [6.45, 7) is 5.36. The lowest BCUT2D eigenvalue weighted by molar-refractivity contribution is 0.174. The molecule has 0 saturated heterocycles. The molecule has 2 rings (SSSR count). The molecule has 0 aliphatic carbocycles. The first-order valence-corrected chi connectivity index (χ1v) is 6.32. The van der Waals surface area contributed by atoms with E-state index < -0.39 is 0 Å². The number of fused-ring (bicyclic) bond motifs is 1. The van der Waals surface area contributed by atoms with Crippen LogP contribution in [-0.4, -0.2) is 20.4 Å². The van der Waals surface area contributed by atoms with Crippen LogP contribution in [0.15, 0.2) is 18.2 Å². The Bertz CT molecular complexity index is 418. The van der Waals surface area contributed by atoms with E-state index in [1.807, 2.05) is 13.1 Å². The molecule has 0 bridgehead atoms. The predicted octanol–water partition coefficient (Wildman–Crippen LogP) is 2.05. The molecular formula is C14H22N2O2. The van der Waals surface area contributed by atoms with E-state index in [2.05, 4.69) is 31.3 Å². The number of nitrogens with one attached hydrogen (secondary N) is 1. The van der Waals surface area contributed by atoms with E-state index in [-0.39, 0.29) is 11.5 Å². The number of ether oxygens (including phenoxy) is 2. The maximum Gasteiger partial charge on any atom is 0.231 e. The minimum atomic E-state index is 0.115. The molecule has 0 radical (unpaired) electrons. The van der Waals surface area contributed by atoms with Gasteiger partial charge in [-0.1, -0.05) is 19.9 Å². The largest absolute Gasteiger partial charge is 0.454 e. The minimum absolute atomic E-state index is 0.115. The molecule has 1 aliphatic rings. The van der Waals surface area contributed by atoms with E-state index in [1.54, 1.807) is 0 Å². The summed E-state index contributed by atoms with van der Waals surface area (Å²) in [6.07, 6.45) is 0.986. The van der Waals surface area contributed by atoms with Crippen LogP contribution in [0.1, 0.15) is 31.9 Å². The van der Waals surface area contributed by atoms with E-state index in [0.29, 0.717) is 13.3 Å². The van der Waals surface area contributed by atoms with Gasteiger partial charge in [-0.3, -0.25) is 0 Å². The molecule has 3 N–H and O–H groups in total. The van der Waals surface area contributed by atoms with Gasteiger partial charge in [-0.15, -0.1) is 0 Å². The van der Waals surface area contributed by atoms with Crippen LogP contribution in [0.3, 0.4) is 0 Å². The molecule has 1 heterocycles. The van der Waals surface area contributed by atoms with Crippen molar-refractivity contribution in [3.63, 3.8) is 0 Å². The third kappa shape index (κ3) is 2.76. The third-order valence-corrected chi connectivity index (χ3v) is 3.46. The molecule has 1 aromatic carbocycles. The average Bonchev–Trinajstić information content (AvgIpc) is 2.83. The van der Waals surface area contributed by atoms with Gasteiger partial charge in [0.25, 0.3) is 0 Å². The van der Waals surface area contributed by atoms with Crippen molar-refractivity contribution in [1.29, 1.82) is 0 Å². The molecule has 1 unspecified atom stereocenters.